The zero-order chi connectivity index (χ0) is 23.7. The lowest BCUT2D eigenvalue weighted by Crippen LogP contribution is -2.29. The van der Waals surface area contributed by atoms with Gasteiger partial charge in [0, 0.05) is 11.3 Å². The number of aromatic hydroxyl groups is 1. The number of aliphatic hydroxyl groups is 1. The number of hydrogen-bond donors (Lipinski definition) is 2. The van der Waals surface area contributed by atoms with Crippen molar-refractivity contribution >= 4 is 34.7 Å². The molecule has 2 N–H and O–H groups in total. The Morgan fingerprint density at radius 2 is 1.79 bits per heavy atom. The number of ketones is 1. The van der Waals surface area contributed by atoms with Gasteiger partial charge < -0.3 is 14.9 Å². The maximum absolute atomic E-state index is 13.2. The van der Waals surface area contributed by atoms with Gasteiger partial charge in [-0.1, -0.05) is 35.9 Å². The quantitative estimate of drug-likeness (QED) is 0.301. The van der Waals surface area contributed by atoms with Crippen LogP contribution in [0.4, 0.5) is 5.69 Å². The highest BCUT2D eigenvalue weighted by molar-refractivity contribution is 6.52. The number of phenols is 1. The van der Waals surface area contributed by atoms with Crippen LogP contribution in [0.1, 0.15) is 29.7 Å². The minimum Gasteiger partial charge on any atom is -0.508 e. The van der Waals surface area contributed by atoms with Crippen LogP contribution in [0, 0.1) is 6.92 Å². The number of benzene rings is 3. The fourth-order valence-corrected chi connectivity index (χ4v) is 4.14. The largest absolute Gasteiger partial charge is 0.508 e. The van der Waals surface area contributed by atoms with Gasteiger partial charge in [-0.3, -0.25) is 14.5 Å². The van der Waals surface area contributed by atoms with Crippen molar-refractivity contribution < 1.29 is 24.5 Å². The van der Waals surface area contributed by atoms with E-state index in [2.05, 4.69) is 0 Å². The van der Waals surface area contributed by atoms with E-state index in [9.17, 15) is 19.8 Å². The standard InChI is InChI=1S/C26H22ClNO5/c1-3-33-19-11-12-21(27)20(14-19)24(30)22-23(16-7-9-18(29)10-8-16)28(26(32)25(22)31)17-6-4-5-15(2)13-17/h4-14,23,29-30H,3H2,1-2H3/b24-22+. The van der Waals surface area contributed by atoms with Crippen LogP contribution in [-0.2, 0) is 9.59 Å². The highest BCUT2D eigenvalue weighted by Crippen LogP contribution is 2.43. The molecule has 0 aliphatic carbocycles. The molecule has 1 aliphatic heterocycles. The summed E-state index contributed by atoms with van der Waals surface area (Å²) in [4.78, 5) is 27.8. The van der Waals surface area contributed by atoms with Gasteiger partial charge in [-0.2, -0.15) is 0 Å². The summed E-state index contributed by atoms with van der Waals surface area (Å²) in [5.74, 6) is -1.48. The molecule has 4 rings (SSSR count). The molecule has 0 radical (unpaired) electrons. The monoisotopic (exact) mass is 463 g/mol. The molecule has 0 bridgehead atoms. The first kappa shape index (κ1) is 22.4. The molecule has 1 saturated heterocycles. The summed E-state index contributed by atoms with van der Waals surface area (Å²) in [5, 5.41) is 21.2. The number of aryl methyl sites for hydroxylation is 1. The highest BCUT2D eigenvalue weighted by Gasteiger charge is 2.47. The molecule has 0 saturated carbocycles. The lowest BCUT2D eigenvalue weighted by molar-refractivity contribution is -0.132. The first-order chi connectivity index (χ1) is 15.8. The molecule has 1 amide bonds. The van der Waals surface area contributed by atoms with Crippen molar-refractivity contribution in [2.75, 3.05) is 11.5 Å². The van der Waals surface area contributed by atoms with Crippen molar-refractivity contribution in [3.63, 3.8) is 0 Å². The molecule has 0 aromatic heterocycles. The van der Waals surface area contributed by atoms with E-state index in [1.807, 2.05) is 19.9 Å². The van der Waals surface area contributed by atoms with Crippen LogP contribution in [0.5, 0.6) is 11.5 Å². The van der Waals surface area contributed by atoms with E-state index >= 15 is 0 Å². The van der Waals surface area contributed by atoms with Gasteiger partial charge in [-0.25, -0.2) is 0 Å². The number of aliphatic hydroxyl groups excluding tert-OH is 1. The number of halogens is 1. The van der Waals surface area contributed by atoms with Crippen molar-refractivity contribution in [1.29, 1.82) is 0 Å². The molecule has 1 atom stereocenters. The number of rotatable bonds is 5. The number of carbonyl (C=O) groups is 2. The molecule has 1 fully saturated rings. The fourth-order valence-electron chi connectivity index (χ4n) is 3.94. The van der Waals surface area contributed by atoms with Gasteiger partial charge in [-0.15, -0.1) is 0 Å². The molecule has 1 aliphatic rings. The molecule has 168 valence electrons. The molecule has 6 nitrogen and oxygen atoms in total. The second-order valence-electron chi connectivity index (χ2n) is 7.67. The van der Waals surface area contributed by atoms with Crippen LogP contribution >= 0.6 is 11.6 Å². The molecule has 7 heteroatoms. The Bertz CT molecular complexity index is 1270. The summed E-state index contributed by atoms with van der Waals surface area (Å²) in [6.45, 7) is 4.12. The number of carbonyl (C=O) groups excluding carboxylic acids is 2. The molecular weight excluding hydrogens is 442 g/mol. The second kappa shape index (κ2) is 9.00. The van der Waals surface area contributed by atoms with E-state index in [1.54, 1.807) is 42.5 Å². The summed E-state index contributed by atoms with van der Waals surface area (Å²) in [6.07, 6.45) is 0. The molecule has 3 aromatic carbocycles. The third-order valence-electron chi connectivity index (χ3n) is 5.44. The highest BCUT2D eigenvalue weighted by atomic mass is 35.5. The lowest BCUT2D eigenvalue weighted by atomic mass is 9.95. The Labute approximate surface area is 196 Å². The smallest absolute Gasteiger partial charge is 0.300 e. The number of hydrogen-bond acceptors (Lipinski definition) is 5. The van der Waals surface area contributed by atoms with Gasteiger partial charge in [0.2, 0.25) is 0 Å². The number of phenolic OH excluding ortho intramolecular Hbond substituents is 1. The van der Waals surface area contributed by atoms with Crippen LogP contribution in [0.2, 0.25) is 5.02 Å². The maximum Gasteiger partial charge on any atom is 0.300 e. The van der Waals surface area contributed by atoms with Gasteiger partial charge in [0.15, 0.2) is 0 Å². The average molecular weight is 464 g/mol. The fraction of sp³-hybridized carbons (Fsp3) is 0.154. The predicted molar refractivity (Wildman–Crippen MR) is 127 cm³/mol. The number of ether oxygens (including phenoxy) is 1. The maximum atomic E-state index is 13.2. The summed E-state index contributed by atoms with van der Waals surface area (Å²) >= 11 is 6.35. The summed E-state index contributed by atoms with van der Waals surface area (Å²) in [7, 11) is 0. The van der Waals surface area contributed by atoms with Crippen LogP contribution < -0.4 is 9.64 Å². The minimum atomic E-state index is -0.917. The van der Waals surface area contributed by atoms with Crippen LogP contribution in [-0.4, -0.2) is 28.5 Å². The van der Waals surface area contributed by atoms with Gasteiger partial charge >= 0.3 is 0 Å². The van der Waals surface area contributed by atoms with E-state index < -0.39 is 23.5 Å². The summed E-state index contributed by atoms with van der Waals surface area (Å²) in [5.41, 5.74) is 2.07. The topological polar surface area (TPSA) is 87.1 Å². The van der Waals surface area contributed by atoms with Gasteiger partial charge in [0.1, 0.15) is 17.3 Å². The molecule has 1 heterocycles. The molecule has 1 unspecified atom stereocenters. The Morgan fingerprint density at radius 3 is 2.45 bits per heavy atom. The molecular formula is C26H22ClNO5. The van der Waals surface area contributed by atoms with Crippen molar-refractivity contribution in [3.05, 3.63) is 94.0 Å². The van der Waals surface area contributed by atoms with Gasteiger partial charge in [0.25, 0.3) is 11.7 Å². The minimum absolute atomic E-state index is 0.0405. The Morgan fingerprint density at radius 1 is 1.06 bits per heavy atom. The average Bonchev–Trinajstić information content (AvgIpc) is 3.06. The van der Waals surface area contributed by atoms with Crippen molar-refractivity contribution in [2.24, 2.45) is 0 Å². The van der Waals surface area contributed by atoms with E-state index in [-0.39, 0.29) is 21.9 Å². The molecule has 3 aromatic rings. The van der Waals surface area contributed by atoms with Crippen molar-refractivity contribution in [2.45, 2.75) is 19.9 Å². The van der Waals surface area contributed by atoms with Crippen LogP contribution in [0.15, 0.2) is 72.3 Å². The van der Waals surface area contributed by atoms with E-state index in [0.717, 1.165) is 5.56 Å². The Hall–Kier alpha value is -3.77. The summed E-state index contributed by atoms with van der Waals surface area (Å²) < 4.78 is 5.51. The SMILES string of the molecule is CCOc1ccc(Cl)c(/C(O)=C2\C(=O)C(=O)N(c3cccc(C)c3)C2c2ccc(O)cc2)c1. The zero-order valence-corrected chi connectivity index (χ0v) is 18.8. The van der Waals surface area contributed by atoms with E-state index in [0.29, 0.717) is 23.6 Å². The Balaban J connectivity index is 1.96. The number of amides is 1. The number of anilines is 1. The van der Waals surface area contributed by atoms with Gasteiger partial charge in [-0.05, 0) is 67.4 Å². The zero-order valence-electron chi connectivity index (χ0n) is 18.1. The normalized spacial score (nSPS) is 17.4. The van der Waals surface area contributed by atoms with E-state index in [4.69, 9.17) is 16.3 Å². The first-order valence-corrected chi connectivity index (χ1v) is 10.8. The van der Waals surface area contributed by atoms with Crippen molar-refractivity contribution in [3.8, 4) is 11.5 Å². The van der Waals surface area contributed by atoms with E-state index in [1.165, 1.54) is 23.1 Å². The molecule has 33 heavy (non-hydrogen) atoms. The predicted octanol–water partition coefficient (Wildman–Crippen LogP) is 5.38. The third-order valence-corrected chi connectivity index (χ3v) is 5.77. The second-order valence-corrected chi connectivity index (χ2v) is 8.08. The number of Topliss-reactive ketones (excluding diaryl/α,β-unsaturated/α-hetero) is 1. The van der Waals surface area contributed by atoms with Crippen LogP contribution in [0.3, 0.4) is 0 Å². The molecule has 0 spiro atoms. The van der Waals surface area contributed by atoms with Crippen LogP contribution in [0.25, 0.3) is 5.76 Å². The summed E-state index contributed by atoms with van der Waals surface area (Å²) in [6, 6.07) is 17.2. The lowest BCUT2D eigenvalue weighted by Gasteiger charge is -2.26. The first-order valence-electron chi connectivity index (χ1n) is 10.4. The Kier molecular flexibility index (Phi) is 6.11. The van der Waals surface area contributed by atoms with Crippen molar-refractivity contribution in [1.82, 2.24) is 0 Å². The van der Waals surface area contributed by atoms with Gasteiger partial charge in [0.05, 0.1) is 23.2 Å². The third kappa shape index (κ3) is 4.17. The number of nitrogens with zero attached hydrogens (tertiary/aromatic N) is 1.